The van der Waals surface area contributed by atoms with Gasteiger partial charge >= 0.3 is 0 Å². The molecule has 4 heteroatoms. The summed E-state index contributed by atoms with van der Waals surface area (Å²) in [5.41, 5.74) is -0.800. The second-order valence-corrected chi connectivity index (χ2v) is 6.74. The Kier molecular flexibility index (Phi) is 6.41. The second kappa shape index (κ2) is 6.50. The van der Waals surface area contributed by atoms with Crippen LogP contribution in [0.5, 0.6) is 0 Å². The van der Waals surface area contributed by atoms with Gasteiger partial charge in [-0.2, -0.15) is 11.8 Å². The van der Waals surface area contributed by atoms with Crippen molar-refractivity contribution in [3.05, 3.63) is 0 Å². The maximum Gasteiger partial charge on any atom is 0.220 e. The Balaban J connectivity index is 3.90. The van der Waals surface area contributed by atoms with Gasteiger partial charge in [0.15, 0.2) is 0 Å². The van der Waals surface area contributed by atoms with Crippen molar-refractivity contribution >= 4 is 17.7 Å². The zero-order chi connectivity index (χ0) is 12.8. The number of aliphatic hydroxyl groups is 1. The lowest BCUT2D eigenvalue weighted by molar-refractivity contribution is -0.123. The molecule has 0 saturated carbocycles. The maximum absolute atomic E-state index is 11.6. The van der Waals surface area contributed by atoms with Gasteiger partial charge < -0.3 is 10.4 Å². The molecule has 0 heterocycles. The van der Waals surface area contributed by atoms with Crippen LogP contribution in [0.25, 0.3) is 0 Å². The van der Waals surface area contributed by atoms with Crippen molar-refractivity contribution in [2.45, 2.75) is 46.1 Å². The van der Waals surface area contributed by atoms with E-state index in [9.17, 15) is 9.90 Å². The molecule has 3 nitrogen and oxygen atoms in total. The third-order valence-corrected chi connectivity index (χ3v) is 2.81. The highest BCUT2D eigenvalue weighted by molar-refractivity contribution is 7.98. The van der Waals surface area contributed by atoms with Crippen LogP contribution in [0.1, 0.15) is 40.5 Å². The Morgan fingerprint density at radius 3 is 2.31 bits per heavy atom. The molecule has 0 fully saturated rings. The van der Waals surface area contributed by atoms with E-state index in [1.54, 1.807) is 18.7 Å². The molecule has 16 heavy (non-hydrogen) atoms. The lowest BCUT2D eigenvalue weighted by Gasteiger charge is -2.24. The SMILES string of the molecule is CSCC[C@](C)(O)CNC(=O)CC(C)(C)C. The first-order valence-corrected chi connectivity index (χ1v) is 7.04. The van der Waals surface area contributed by atoms with Crippen molar-refractivity contribution < 1.29 is 9.90 Å². The number of amides is 1. The number of carbonyl (C=O) groups excluding carboxylic acids is 1. The molecule has 0 saturated heterocycles. The number of nitrogens with one attached hydrogen (secondary N) is 1. The second-order valence-electron chi connectivity index (χ2n) is 5.75. The molecule has 0 aliphatic carbocycles. The van der Waals surface area contributed by atoms with Gasteiger partial charge in [0.1, 0.15) is 0 Å². The standard InChI is InChI=1S/C12H25NO2S/c1-11(2,3)8-10(14)13-9-12(4,15)6-7-16-5/h15H,6-9H2,1-5H3,(H,13,14)/t12-/m0/s1. The predicted octanol–water partition coefficient (Wildman–Crippen LogP) is 2.04. The van der Waals surface area contributed by atoms with Gasteiger partial charge in [0.25, 0.3) is 0 Å². The van der Waals surface area contributed by atoms with E-state index in [-0.39, 0.29) is 11.3 Å². The van der Waals surface area contributed by atoms with Crippen LogP contribution in [0.15, 0.2) is 0 Å². The van der Waals surface area contributed by atoms with Crippen molar-refractivity contribution in [1.29, 1.82) is 0 Å². The highest BCUT2D eigenvalue weighted by Gasteiger charge is 2.22. The summed E-state index contributed by atoms with van der Waals surface area (Å²) in [7, 11) is 0. The topological polar surface area (TPSA) is 49.3 Å². The lowest BCUT2D eigenvalue weighted by atomic mass is 9.92. The first-order chi connectivity index (χ1) is 7.16. The molecule has 2 N–H and O–H groups in total. The minimum absolute atomic E-state index is 0.00475. The van der Waals surface area contributed by atoms with E-state index < -0.39 is 5.60 Å². The highest BCUT2D eigenvalue weighted by Crippen LogP contribution is 2.18. The van der Waals surface area contributed by atoms with Crippen LogP contribution >= 0.6 is 11.8 Å². The van der Waals surface area contributed by atoms with E-state index in [1.807, 2.05) is 27.0 Å². The zero-order valence-electron chi connectivity index (χ0n) is 11.1. The lowest BCUT2D eigenvalue weighted by Crippen LogP contribution is -2.41. The van der Waals surface area contributed by atoms with Crippen LogP contribution in [0.3, 0.4) is 0 Å². The Labute approximate surface area is 103 Å². The molecule has 1 amide bonds. The van der Waals surface area contributed by atoms with Gasteiger partial charge in [-0.1, -0.05) is 20.8 Å². The normalized spacial score (nSPS) is 15.6. The number of carbonyl (C=O) groups is 1. The molecule has 0 aliphatic heterocycles. The molecule has 96 valence electrons. The Bertz CT molecular complexity index is 222. The Morgan fingerprint density at radius 2 is 1.88 bits per heavy atom. The fourth-order valence-electron chi connectivity index (χ4n) is 1.24. The smallest absolute Gasteiger partial charge is 0.220 e. The first-order valence-electron chi connectivity index (χ1n) is 5.64. The molecule has 0 unspecified atom stereocenters. The summed E-state index contributed by atoms with van der Waals surface area (Å²) < 4.78 is 0. The van der Waals surface area contributed by atoms with Crippen molar-refractivity contribution in [2.75, 3.05) is 18.6 Å². The molecule has 0 aromatic carbocycles. The fraction of sp³-hybridized carbons (Fsp3) is 0.917. The fourth-order valence-corrected chi connectivity index (χ4v) is 1.89. The van der Waals surface area contributed by atoms with Crippen molar-refractivity contribution in [3.63, 3.8) is 0 Å². The molecule has 0 aromatic rings. The maximum atomic E-state index is 11.6. The molecule has 0 radical (unpaired) electrons. The van der Waals surface area contributed by atoms with Crippen LogP contribution in [-0.2, 0) is 4.79 Å². The Hall–Kier alpha value is -0.220. The number of rotatable bonds is 6. The van der Waals surface area contributed by atoms with Crippen molar-refractivity contribution in [1.82, 2.24) is 5.32 Å². The third kappa shape index (κ3) is 9.04. The van der Waals surface area contributed by atoms with E-state index in [1.165, 1.54) is 0 Å². The average Bonchev–Trinajstić information content (AvgIpc) is 2.09. The van der Waals surface area contributed by atoms with Gasteiger partial charge in [-0.25, -0.2) is 0 Å². The predicted molar refractivity (Wildman–Crippen MR) is 70.7 cm³/mol. The monoisotopic (exact) mass is 247 g/mol. The summed E-state index contributed by atoms with van der Waals surface area (Å²) in [5.74, 6) is 0.916. The molecular weight excluding hydrogens is 222 g/mol. The summed E-state index contributed by atoms with van der Waals surface area (Å²) in [4.78, 5) is 11.6. The van der Waals surface area contributed by atoms with Gasteiger partial charge in [0.05, 0.1) is 5.60 Å². The van der Waals surface area contributed by atoms with E-state index in [0.717, 1.165) is 5.75 Å². The van der Waals surface area contributed by atoms with Gasteiger partial charge in [0, 0.05) is 13.0 Å². The molecular formula is C12H25NO2S. The summed E-state index contributed by atoms with van der Waals surface area (Å²) in [6.45, 7) is 8.18. The highest BCUT2D eigenvalue weighted by atomic mass is 32.2. The van der Waals surface area contributed by atoms with Gasteiger partial charge in [-0.3, -0.25) is 4.79 Å². The number of hydrogen-bond acceptors (Lipinski definition) is 3. The summed E-state index contributed by atoms with van der Waals surface area (Å²) in [6, 6.07) is 0. The molecule has 1 atom stereocenters. The van der Waals surface area contributed by atoms with Crippen LogP contribution < -0.4 is 5.32 Å². The quantitative estimate of drug-likeness (QED) is 0.755. The van der Waals surface area contributed by atoms with Crippen LogP contribution in [0.2, 0.25) is 0 Å². The minimum Gasteiger partial charge on any atom is -0.388 e. The molecule has 0 rings (SSSR count). The summed E-state index contributed by atoms with van der Waals surface area (Å²) >= 11 is 1.70. The van der Waals surface area contributed by atoms with Crippen molar-refractivity contribution in [2.24, 2.45) is 5.41 Å². The van der Waals surface area contributed by atoms with E-state index >= 15 is 0 Å². The van der Waals surface area contributed by atoms with E-state index in [0.29, 0.717) is 19.4 Å². The van der Waals surface area contributed by atoms with Crippen molar-refractivity contribution in [3.8, 4) is 0 Å². The van der Waals surface area contributed by atoms with Gasteiger partial charge in [0.2, 0.25) is 5.91 Å². The average molecular weight is 247 g/mol. The largest absolute Gasteiger partial charge is 0.388 e. The molecule has 0 aromatic heterocycles. The molecule has 0 bridgehead atoms. The van der Waals surface area contributed by atoms with Gasteiger partial charge in [-0.05, 0) is 30.8 Å². The summed E-state index contributed by atoms with van der Waals surface area (Å²) in [5, 5.41) is 12.8. The number of thioether (sulfide) groups is 1. The first kappa shape index (κ1) is 15.8. The minimum atomic E-state index is -0.795. The summed E-state index contributed by atoms with van der Waals surface area (Å²) in [6.07, 6.45) is 3.20. The van der Waals surface area contributed by atoms with Gasteiger partial charge in [-0.15, -0.1) is 0 Å². The third-order valence-electron chi connectivity index (χ3n) is 2.20. The van der Waals surface area contributed by atoms with E-state index in [2.05, 4.69) is 5.32 Å². The van der Waals surface area contributed by atoms with Crippen LogP contribution in [0.4, 0.5) is 0 Å². The Morgan fingerprint density at radius 1 is 1.31 bits per heavy atom. The van der Waals surface area contributed by atoms with E-state index in [4.69, 9.17) is 0 Å². The molecule has 0 aliphatic rings. The van der Waals surface area contributed by atoms with Crippen LogP contribution in [-0.4, -0.2) is 35.2 Å². The number of hydrogen-bond donors (Lipinski definition) is 2. The van der Waals surface area contributed by atoms with Crippen LogP contribution in [0, 0.1) is 5.41 Å². The molecule has 0 spiro atoms. The zero-order valence-corrected chi connectivity index (χ0v) is 11.9.